The van der Waals surface area contributed by atoms with E-state index >= 15 is 0 Å². The Labute approximate surface area is 922 Å². The van der Waals surface area contributed by atoms with Crippen molar-refractivity contribution < 1.29 is 4.74 Å². The van der Waals surface area contributed by atoms with Gasteiger partial charge in [-0.2, -0.15) is 0 Å². The summed E-state index contributed by atoms with van der Waals surface area (Å²) in [6.45, 7) is 156. The second-order valence-corrected chi connectivity index (χ2v) is 70.6. The second-order valence-electron chi connectivity index (χ2n) is 69.6. The molecule has 0 aromatic rings. The minimum Gasteiger partial charge on any atom is -0.364 e. The van der Waals surface area contributed by atoms with Crippen LogP contribution in [0.5, 0.6) is 0 Å². The molecule has 10 saturated heterocycles. The van der Waals surface area contributed by atoms with Gasteiger partial charge in [-0.25, -0.2) is 0 Å². The molecule has 0 radical (unpaired) electrons. The van der Waals surface area contributed by atoms with Crippen molar-refractivity contribution in [3.8, 4) is 0 Å². The molecular weight excluding hydrogens is 1800 g/mol. The molecule has 11 heterocycles. The predicted molar refractivity (Wildman–Crippen MR) is 653 cm³/mol. The van der Waals surface area contributed by atoms with Crippen LogP contribution in [0.25, 0.3) is 0 Å². The van der Waals surface area contributed by atoms with Crippen molar-refractivity contribution >= 4 is 11.8 Å². The zero-order valence-corrected chi connectivity index (χ0v) is 112. The number of rotatable bonds is 4. The molecule has 146 heavy (non-hydrogen) atoms. The van der Waals surface area contributed by atoms with Crippen molar-refractivity contribution in [2.45, 2.75) is 679 Å². The summed E-state index contributed by atoms with van der Waals surface area (Å²) in [4.78, 5) is 29.4. The van der Waals surface area contributed by atoms with Crippen LogP contribution in [-0.4, -0.2) is 265 Å². The van der Waals surface area contributed by atoms with Crippen LogP contribution in [0.1, 0.15) is 538 Å². The summed E-state index contributed by atoms with van der Waals surface area (Å²) in [7, 11) is 0. The van der Waals surface area contributed by atoms with E-state index in [1.807, 2.05) is 0 Å². The number of thioether (sulfide) groups is 1. The normalized spacial score (nSPS) is 31.2. The minimum absolute atomic E-state index is 0.217. The van der Waals surface area contributed by atoms with Crippen molar-refractivity contribution in [2.24, 2.45) is 96.1 Å². The van der Waals surface area contributed by atoms with Gasteiger partial charge in [-0.1, -0.05) is 240 Å². The van der Waals surface area contributed by atoms with Gasteiger partial charge in [0.1, 0.15) is 0 Å². The summed E-state index contributed by atoms with van der Waals surface area (Å²) in [5.74, 6) is 10.3. The lowest BCUT2D eigenvalue weighted by atomic mass is 9.76. The van der Waals surface area contributed by atoms with E-state index in [9.17, 15) is 0 Å². The van der Waals surface area contributed by atoms with Crippen LogP contribution in [-0.2, 0) is 4.74 Å². The Balaban J connectivity index is 0.000000283. The Hall–Kier alpha value is -0.390. The van der Waals surface area contributed by atoms with E-state index < -0.39 is 0 Å². The molecule has 0 N–H and O–H groups in total. The molecule has 4 aliphatic carbocycles. The number of piperidine rings is 4. The van der Waals surface area contributed by atoms with Crippen LogP contribution in [0.2, 0.25) is 0 Å². The van der Waals surface area contributed by atoms with E-state index in [0.717, 1.165) is 146 Å². The molecule has 13 heteroatoms. The third-order valence-corrected chi connectivity index (χ3v) is 37.7. The molecule has 0 spiro atoms. The van der Waals surface area contributed by atoms with Crippen LogP contribution >= 0.6 is 11.8 Å². The van der Waals surface area contributed by atoms with Crippen LogP contribution in [0.15, 0.2) is 12.2 Å². The average Bonchev–Trinajstić information content (AvgIpc) is 1.55. The van der Waals surface area contributed by atoms with Crippen LogP contribution in [0.3, 0.4) is 0 Å². The molecule has 15 rings (SSSR count). The molecule has 14 fully saturated rings. The van der Waals surface area contributed by atoms with E-state index in [4.69, 9.17) is 4.74 Å². The first-order valence-electron chi connectivity index (χ1n) is 61.5. The highest BCUT2D eigenvalue weighted by molar-refractivity contribution is 7.99. The number of hydrogen-bond acceptors (Lipinski definition) is 13. The summed E-state index contributed by atoms with van der Waals surface area (Å²) in [6.07, 6.45) is 28.9. The van der Waals surface area contributed by atoms with Crippen molar-refractivity contribution in [1.82, 2.24) is 53.9 Å². The lowest BCUT2D eigenvalue weighted by Gasteiger charge is -2.55. The number of ether oxygens (including phenoxy) is 1. The lowest BCUT2D eigenvalue weighted by Crippen LogP contribution is -2.61. The smallest absolute Gasteiger partial charge is 0.0998 e. The Morgan fingerprint density at radius 1 is 0.281 bits per heavy atom. The van der Waals surface area contributed by atoms with Crippen molar-refractivity contribution in [3.63, 3.8) is 0 Å². The van der Waals surface area contributed by atoms with Gasteiger partial charge in [0.25, 0.3) is 0 Å². The lowest BCUT2D eigenvalue weighted by molar-refractivity contribution is -0.0530. The van der Waals surface area contributed by atoms with E-state index in [0.29, 0.717) is 99.6 Å². The first kappa shape index (κ1) is 136. The fraction of sp³-hybridized carbons (Fsp3) is 0.985. The first-order valence-corrected chi connectivity index (χ1v) is 62.7. The summed E-state index contributed by atoms with van der Waals surface area (Å²) in [5.41, 5.74) is 6.57. The minimum atomic E-state index is 0.217. The van der Waals surface area contributed by atoms with Gasteiger partial charge in [0.15, 0.2) is 0 Å². The van der Waals surface area contributed by atoms with Gasteiger partial charge in [-0.3, -0.25) is 53.9 Å². The topological polar surface area (TPSA) is 44.9 Å². The molecule has 2 bridgehead atoms. The van der Waals surface area contributed by atoms with Crippen LogP contribution in [0.4, 0.5) is 0 Å². The average molecular weight is 2070 g/mol. The largest absolute Gasteiger partial charge is 0.364 e. The predicted octanol–water partition coefficient (Wildman–Crippen LogP) is 34.4. The maximum Gasteiger partial charge on any atom is 0.0998 e. The fourth-order valence-electron chi connectivity index (χ4n) is 29.3. The number of hydrogen-bond donors (Lipinski definition) is 0. The van der Waals surface area contributed by atoms with Crippen molar-refractivity contribution in [1.29, 1.82) is 0 Å². The number of nitrogens with zero attached hydrogens (tertiary/aromatic N) is 11. The summed E-state index contributed by atoms with van der Waals surface area (Å²) < 4.78 is 5.55. The van der Waals surface area contributed by atoms with Gasteiger partial charge < -0.3 is 4.74 Å². The molecule has 0 amide bonds. The first-order chi connectivity index (χ1) is 65.2. The molecule has 0 aromatic carbocycles. The maximum atomic E-state index is 5.55. The molecule has 12 nitrogen and oxygen atoms in total. The highest BCUT2D eigenvalue weighted by Crippen LogP contribution is 2.58. The van der Waals surface area contributed by atoms with Gasteiger partial charge in [-0.05, 0) is 427 Å². The zero-order chi connectivity index (χ0) is 113. The molecular formula is C133H267N11OS. The van der Waals surface area contributed by atoms with Crippen molar-refractivity contribution in [2.75, 3.05) is 70.8 Å². The summed E-state index contributed by atoms with van der Waals surface area (Å²) >= 11 is 2.07. The fourth-order valence-corrected chi connectivity index (χ4v) is 31.1. The monoisotopic (exact) mass is 2070 g/mol. The maximum absolute atomic E-state index is 5.55. The van der Waals surface area contributed by atoms with Gasteiger partial charge in [0, 0.05) is 178 Å². The molecule has 4 saturated carbocycles. The van der Waals surface area contributed by atoms with Gasteiger partial charge in [-0.15, -0.1) is 11.8 Å². The molecule has 15 unspecified atom stereocenters. The Kier molecular flexibility index (Phi) is 47.6. The molecule has 19 atom stereocenters. The highest BCUT2D eigenvalue weighted by atomic mass is 32.2. The Bertz CT molecular complexity index is 3500. The van der Waals surface area contributed by atoms with Crippen molar-refractivity contribution in [3.05, 3.63) is 12.2 Å². The Morgan fingerprint density at radius 3 is 1.03 bits per heavy atom. The highest BCUT2D eigenvalue weighted by Gasteiger charge is 2.60. The third kappa shape index (κ3) is 39.3. The third-order valence-electron chi connectivity index (χ3n) is 36.7. The van der Waals surface area contributed by atoms with E-state index in [1.165, 1.54) is 160 Å². The number of fused-ring (bicyclic) bond motifs is 5. The SMILES string of the molecule is CC(C)(C)C1C2CC2CN1C(C)(C)C.CC(C)(C)C1C2CCC(C2)N1C(C)(C)C.CC(C)(C)C1C=CCN1C(C)(C)C.CC(C)(C)C1CC2CCCC2N1C(C)(C)C.CC(C)(C)C1CCCCN1C(C)(C)C.CC(C)(C)C1CCCN1C(C)(C)C.CC(C)(C)C1CCN1C(C)(C)C.CC(C)(C)C1COCN1C(C)(C)C.CC(C)(C)C1CSCN1C(C)(C)C.CC(C)[C@@H]1CCCN1C(C)C.CC(C)[C@@H]1[C@H]2C[C@H]2CN1C(C)C. The van der Waals surface area contributed by atoms with E-state index in [-0.39, 0.29) is 11.1 Å². The standard InChI is InChI=1S/C15H29N.C14H27N.C13H25N.C13H27N.C12H25N.C12H23N.C11H23NO.C11H23NS.C11H21N.C11H23N.C10H21N/c1-14(2,3)13-10-11-8-7-9-12(11)16(13)15(4,5)6;1-13(2,3)12-10-7-8-11(9-10)15(12)14(4,5)6;1-12(2,3)11-10-7-9(10)8-14(11)13(4,5)6;1-12(2,3)11-9-7-8-10-14(11)13(4,5)6;2*1-11(2,3)10-8-7-9-13(10)12(4,5)6;2*1-10(2,3)9-7-13-8-12(9)11(4,5)6;1-7(2)11-10-5-9(10)6-12(11)8(3)4;1-10(2,3)9-7-8-12(9)11(4,5)6;1-8(2)10-6-5-7-11(10)9(3)4/h11-13H,7-10H2,1-6H3;10-12H,7-9H2,1-6H3;9-11H,7-8H2,1-6H3;11H,7-10H2,1-6H3;10H,7-9H2,1-6H3;7-8,10H,9H2,1-6H3;2*9H,7-8H2,1-6H3;7-11H,5-6H2,1-4H3;9H,7-8H2,1-6H3;8-10H,5-7H2,1-4H3/t;;;;;;;;9-,10-,11+;;10-/m........0.0/s1. The number of likely N-dealkylation sites (tertiary alicyclic amines) is 8. The summed E-state index contributed by atoms with van der Waals surface area (Å²) in [5, 5.41) is 0. The van der Waals surface area contributed by atoms with Crippen LogP contribution < -0.4 is 0 Å². The van der Waals surface area contributed by atoms with Gasteiger partial charge >= 0.3 is 0 Å². The summed E-state index contributed by atoms with van der Waals surface area (Å²) in [6, 6.07) is 11.6. The molecule has 866 valence electrons. The second kappa shape index (κ2) is 51.1. The Morgan fingerprint density at radius 2 is 0.699 bits per heavy atom. The molecule has 0 aromatic heterocycles. The zero-order valence-electron chi connectivity index (χ0n) is 111. The van der Waals surface area contributed by atoms with E-state index in [2.05, 4.69) is 507 Å². The molecule has 15 aliphatic rings. The van der Waals surface area contributed by atoms with Gasteiger partial charge in [0.05, 0.1) is 13.3 Å². The van der Waals surface area contributed by atoms with E-state index in [1.54, 1.807) is 0 Å². The van der Waals surface area contributed by atoms with Crippen LogP contribution in [0, 0.1) is 96.1 Å². The van der Waals surface area contributed by atoms with Gasteiger partial charge in [0.2, 0.25) is 0 Å². The molecule has 11 aliphatic heterocycles. The quantitative estimate of drug-likeness (QED) is 0.251.